The fourth-order valence-corrected chi connectivity index (χ4v) is 2.91. The smallest absolute Gasteiger partial charge is 0.313 e. The highest BCUT2D eigenvalue weighted by Gasteiger charge is 2.14. The fourth-order valence-electron chi connectivity index (χ4n) is 1.88. The van der Waals surface area contributed by atoms with Crippen LogP contribution >= 0.6 is 23.4 Å². The van der Waals surface area contributed by atoms with Crippen LogP contribution in [-0.4, -0.2) is 26.4 Å². The normalized spacial score (nSPS) is 11.1. The van der Waals surface area contributed by atoms with Gasteiger partial charge in [-0.3, -0.25) is 4.79 Å². The Kier molecular flexibility index (Phi) is 4.71. The number of hydrogen-bond acceptors (Lipinski definition) is 3. The minimum atomic E-state index is -0.842. The number of aromatic nitrogens is 2. The highest BCUT2D eigenvalue weighted by Crippen LogP contribution is 2.29. The summed E-state index contributed by atoms with van der Waals surface area (Å²) in [5.41, 5.74) is 1.71. The van der Waals surface area contributed by atoms with Crippen molar-refractivity contribution in [2.75, 3.05) is 5.75 Å². The van der Waals surface area contributed by atoms with E-state index in [1.54, 1.807) is 0 Å². The van der Waals surface area contributed by atoms with Crippen LogP contribution in [0.25, 0.3) is 11.0 Å². The standard InChI is InChI=1S/C13H15ClN2O2S/c1-2-3-7-16-12-9(14)5-4-6-10(12)15-13(16)19-8-11(17)18/h4-6H,2-3,7-8H2,1H3,(H,17,18). The molecule has 1 N–H and O–H groups in total. The number of thioether (sulfide) groups is 1. The zero-order valence-electron chi connectivity index (χ0n) is 10.6. The van der Waals surface area contributed by atoms with Gasteiger partial charge in [-0.05, 0) is 18.6 Å². The van der Waals surface area contributed by atoms with E-state index in [4.69, 9.17) is 16.7 Å². The molecule has 0 saturated heterocycles. The van der Waals surface area contributed by atoms with E-state index in [0.29, 0.717) is 5.02 Å². The molecule has 2 aromatic rings. The molecule has 0 unspecified atom stereocenters. The fraction of sp³-hybridized carbons (Fsp3) is 0.385. The molecule has 0 saturated carbocycles. The molecule has 0 radical (unpaired) electrons. The van der Waals surface area contributed by atoms with E-state index in [2.05, 4.69) is 11.9 Å². The van der Waals surface area contributed by atoms with E-state index >= 15 is 0 Å². The topological polar surface area (TPSA) is 55.1 Å². The summed E-state index contributed by atoms with van der Waals surface area (Å²) in [6, 6.07) is 5.58. The summed E-state index contributed by atoms with van der Waals surface area (Å²) in [5.74, 6) is -0.835. The average molecular weight is 299 g/mol. The molecule has 0 amide bonds. The molecule has 6 heteroatoms. The van der Waals surface area contributed by atoms with E-state index in [9.17, 15) is 4.79 Å². The molecule has 2 rings (SSSR count). The lowest BCUT2D eigenvalue weighted by molar-refractivity contribution is -0.133. The molecule has 0 aliphatic heterocycles. The Morgan fingerprint density at radius 3 is 3.00 bits per heavy atom. The quantitative estimate of drug-likeness (QED) is 0.827. The van der Waals surface area contributed by atoms with Gasteiger partial charge in [-0.25, -0.2) is 4.98 Å². The second-order valence-corrected chi connectivity index (χ2v) is 5.54. The Balaban J connectivity index is 2.42. The van der Waals surface area contributed by atoms with Crippen LogP contribution in [0.2, 0.25) is 5.02 Å². The van der Waals surface area contributed by atoms with Gasteiger partial charge in [0.2, 0.25) is 0 Å². The lowest BCUT2D eigenvalue weighted by Crippen LogP contribution is -2.03. The largest absolute Gasteiger partial charge is 0.481 e. The summed E-state index contributed by atoms with van der Waals surface area (Å²) in [6.07, 6.45) is 2.07. The minimum absolute atomic E-state index is 0.00701. The van der Waals surface area contributed by atoms with Gasteiger partial charge in [0.25, 0.3) is 0 Å². The van der Waals surface area contributed by atoms with Gasteiger partial charge in [0.05, 0.1) is 21.8 Å². The number of halogens is 1. The number of unbranched alkanes of at least 4 members (excludes halogenated alkanes) is 1. The van der Waals surface area contributed by atoms with Crippen molar-refractivity contribution in [3.8, 4) is 0 Å². The lowest BCUT2D eigenvalue weighted by atomic mass is 10.3. The maximum absolute atomic E-state index is 10.7. The van der Waals surface area contributed by atoms with Gasteiger partial charge in [-0.15, -0.1) is 0 Å². The monoisotopic (exact) mass is 298 g/mol. The van der Waals surface area contributed by atoms with Gasteiger partial charge in [0.1, 0.15) is 0 Å². The molecule has 0 bridgehead atoms. The van der Waals surface area contributed by atoms with Gasteiger partial charge >= 0.3 is 5.97 Å². The summed E-state index contributed by atoms with van der Waals surface area (Å²) < 4.78 is 2.02. The van der Waals surface area contributed by atoms with Crippen LogP contribution in [0.15, 0.2) is 23.4 Å². The molecule has 1 aromatic carbocycles. The minimum Gasteiger partial charge on any atom is -0.481 e. The molecule has 0 spiro atoms. The third kappa shape index (κ3) is 3.22. The van der Waals surface area contributed by atoms with E-state index < -0.39 is 5.97 Å². The molecule has 102 valence electrons. The van der Waals surface area contributed by atoms with Crippen LogP contribution in [0.1, 0.15) is 19.8 Å². The van der Waals surface area contributed by atoms with Crippen molar-refractivity contribution in [3.63, 3.8) is 0 Å². The van der Waals surface area contributed by atoms with Crippen LogP contribution in [0, 0.1) is 0 Å². The first-order valence-electron chi connectivity index (χ1n) is 6.12. The molecule has 0 aliphatic carbocycles. The number of aliphatic carboxylic acids is 1. The lowest BCUT2D eigenvalue weighted by Gasteiger charge is -2.08. The Bertz CT molecular complexity index is 598. The number of imidazole rings is 1. The molecule has 0 aliphatic rings. The Labute approximate surface area is 120 Å². The van der Waals surface area contributed by atoms with Crippen molar-refractivity contribution in [2.45, 2.75) is 31.5 Å². The zero-order chi connectivity index (χ0) is 13.8. The number of nitrogens with zero attached hydrogens (tertiary/aromatic N) is 2. The number of carbonyl (C=O) groups is 1. The molecule has 4 nitrogen and oxygen atoms in total. The SMILES string of the molecule is CCCCn1c(SCC(=O)O)nc2cccc(Cl)c21. The number of rotatable bonds is 6. The number of hydrogen-bond donors (Lipinski definition) is 1. The van der Waals surface area contributed by atoms with Gasteiger partial charge in [-0.2, -0.15) is 0 Å². The molecule has 0 atom stereocenters. The third-order valence-corrected chi connectivity index (χ3v) is 4.01. The maximum atomic E-state index is 10.7. The van der Waals surface area contributed by atoms with Gasteiger partial charge < -0.3 is 9.67 Å². The molecule has 1 aromatic heterocycles. The van der Waals surface area contributed by atoms with Crippen molar-refractivity contribution in [3.05, 3.63) is 23.2 Å². The van der Waals surface area contributed by atoms with E-state index in [1.165, 1.54) is 11.8 Å². The average Bonchev–Trinajstić information content (AvgIpc) is 2.73. The number of carboxylic acids is 1. The molecular weight excluding hydrogens is 284 g/mol. The summed E-state index contributed by atoms with van der Waals surface area (Å²) in [6.45, 7) is 2.92. The predicted octanol–water partition coefficient (Wildman–Crippen LogP) is 3.67. The molecule has 19 heavy (non-hydrogen) atoms. The molecule has 1 heterocycles. The molecular formula is C13H15ClN2O2S. The van der Waals surface area contributed by atoms with E-state index in [0.717, 1.165) is 35.6 Å². The van der Waals surface area contributed by atoms with Gasteiger partial charge in [0, 0.05) is 6.54 Å². The van der Waals surface area contributed by atoms with Crippen LogP contribution in [0.4, 0.5) is 0 Å². The van der Waals surface area contributed by atoms with Crippen LogP contribution in [-0.2, 0) is 11.3 Å². The van der Waals surface area contributed by atoms with E-state index in [-0.39, 0.29) is 5.75 Å². The Morgan fingerprint density at radius 1 is 1.53 bits per heavy atom. The van der Waals surface area contributed by atoms with Crippen molar-refractivity contribution >= 4 is 40.4 Å². The summed E-state index contributed by atoms with van der Waals surface area (Å²) in [7, 11) is 0. The third-order valence-electron chi connectivity index (χ3n) is 2.74. The van der Waals surface area contributed by atoms with Gasteiger partial charge in [0.15, 0.2) is 5.16 Å². The number of fused-ring (bicyclic) bond motifs is 1. The first-order valence-corrected chi connectivity index (χ1v) is 7.49. The van der Waals surface area contributed by atoms with Crippen LogP contribution < -0.4 is 0 Å². The maximum Gasteiger partial charge on any atom is 0.313 e. The highest BCUT2D eigenvalue weighted by atomic mass is 35.5. The second-order valence-electron chi connectivity index (χ2n) is 4.19. The zero-order valence-corrected chi connectivity index (χ0v) is 12.2. The Hall–Kier alpha value is -1.20. The van der Waals surface area contributed by atoms with Crippen molar-refractivity contribution in [2.24, 2.45) is 0 Å². The van der Waals surface area contributed by atoms with Crippen LogP contribution in [0.3, 0.4) is 0 Å². The predicted molar refractivity (Wildman–Crippen MR) is 78.0 cm³/mol. The first kappa shape index (κ1) is 14.2. The summed E-state index contributed by atoms with van der Waals surface area (Å²) in [4.78, 5) is 15.2. The van der Waals surface area contributed by atoms with Crippen molar-refractivity contribution in [1.82, 2.24) is 9.55 Å². The van der Waals surface area contributed by atoms with Crippen molar-refractivity contribution in [1.29, 1.82) is 0 Å². The second kappa shape index (κ2) is 6.30. The number of para-hydroxylation sites is 1. The number of benzene rings is 1. The summed E-state index contributed by atoms with van der Waals surface area (Å²) >= 11 is 7.46. The van der Waals surface area contributed by atoms with Crippen molar-refractivity contribution < 1.29 is 9.90 Å². The summed E-state index contributed by atoms with van der Waals surface area (Å²) in [5, 5.41) is 10.2. The van der Waals surface area contributed by atoms with E-state index in [1.807, 2.05) is 22.8 Å². The number of carboxylic acid groups (broad SMARTS) is 1. The van der Waals surface area contributed by atoms with Gasteiger partial charge in [-0.1, -0.05) is 42.8 Å². The first-order chi connectivity index (χ1) is 9.13. The number of aryl methyl sites for hydroxylation is 1. The Morgan fingerprint density at radius 2 is 2.32 bits per heavy atom. The van der Waals surface area contributed by atoms with Crippen LogP contribution in [0.5, 0.6) is 0 Å². The molecule has 0 fully saturated rings. The highest BCUT2D eigenvalue weighted by molar-refractivity contribution is 7.99.